The number of halogens is 4. The van der Waals surface area contributed by atoms with E-state index in [1.165, 1.54) is 43.5 Å². The van der Waals surface area contributed by atoms with Gasteiger partial charge in [-0.05, 0) is 30.3 Å². The van der Waals surface area contributed by atoms with E-state index in [1.54, 1.807) is 0 Å². The summed E-state index contributed by atoms with van der Waals surface area (Å²) in [7, 11) is -2.17. The molecule has 1 aromatic heterocycles. The maximum absolute atomic E-state index is 13.9. The number of amides is 1. The van der Waals surface area contributed by atoms with Crippen LogP contribution >= 0.6 is 0 Å². The Kier molecular flexibility index (Phi) is 5.61. The van der Waals surface area contributed by atoms with Crippen molar-refractivity contribution in [2.45, 2.75) is 11.1 Å². The van der Waals surface area contributed by atoms with Gasteiger partial charge in [0.05, 0.1) is 27.3 Å². The van der Waals surface area contributed by atoms with E-state index < -0.39 is 39.3 Å². The van der Waals surface area contributed by atoms with Gasteiger partial charge in [-0.15, -0.1) is 0 Å². The minimum absolute atomic E-state index is 0.0274. The maximum Gasteiger partial charge on any atom is 0.471 e. The van der Waals surface area contributed by atoms with E-state index in [4.69, 9.17) is 4.74 Å². The van der Waals surface area contributed by atoms with Gasteiger partial charge in [0.25, 0.3) is 5.91 Å². The highest BCUT2D eigenvalue weighted by Crippen LogP contribution is 2.33. The third-order valence-electron chi connectivity index (χ3n) is 3.86. The first-order valence-corrected chi connectivity index (χ1v) is 10.1. The second kappa shape index (κ2) is 7.86. The van der Waals surface area contributed by atoms with E-state index in [1.807, 2.05) is 0 Å². The van der Waals surface area contributed by atoms with E-state index in [0.29, 0.717) is 0 Å². The van der Waals surface area contributed by atoms with Crippen LogP contribution in [0.25, 0.3) is 11.4 Å². The lowest BCUT2D eigenvalue weighted by Crippen LogP contribution is -2.06. The summed E-state index contributed by atoms with van der Waals surface area (Å²) in [6.07, 6.45) is -3.70. The van der Waals surface area contributed by atoms with Crippen LogP contribution in [0.2, 0.25) is 0 Å². The van der Waals surface area contributed by atoms with Crippen LogP contribution in [-0.2, 0) is 15.9 Å². The van der Waals surface area contributed by atoms with Gasteiger partial charge in [-0.1, -0.05) is 17.3 Å². The van der Waals surface area contributed by atoms with Crippen molar-refractivity contribution < 1.29 is 35.8 Å². The van der Waals surface area contributed by atoms with Gasteiger partial charge in [-0.3, -0.25) is 4.79 Å². The fraction of sp³-hybridized carbons (Fsp3) is 0.167. The Morgan fingerprint density at radius 3 is 2.50 bits per heavy atom. The summed E-state index contributed by atoms with van der Waals surface area (Å²) in [5.41, 5.74) is -0.0549. The van der Waals surface area contributed by atoms with Gasteiger partial charge >= 0.3 is 12.1 Å². The van der Waals surface area contributed by atoms with Crippen LogP contribution in [0.15, 0.2) is 56.2 Å². The quantitative estimate of drug-likeness (QED) is 0.561. The molecule has 158 valence electrons. The van der Waals surface area contributed by atoms with Crippen molar-refractivity contribution in [3.05, 3.63) is 59.7 Å². The maximum atomic E-state index is 13.9. The summed E-state index contributed by atoms with van der Waals surface area (Å²) in [6, 6.07) is 8.82. The predicted molar refractivity (Wildman–Crippen MR) is 96.8 cm³/mol. The minimum atomic E-state index is -4.82. The molecule has 0 bridgehead atoms. The summed E-state index contributed by atoms with van der Waals surface area (Å²) >= 11 is 0. The van der Waals surface area contributed by atoms with Gasteiger partial charge in [0.15, 0.2) is 0 Å². The SMILES string of the molecule is COc1cc(C(=O)N=S(C)(=O)c2ccccc2F)ccc1-c1noc(C(F)(F)F)n1. The molecule has 1 unspecified atom stereocenters. The van der Waals surface area contributed by atoms with E-state index in [2.05, 4.69) is 19.0 Å². The number of carbonyl (C=O) groups excluding carboxylic acids is 1. The van der Waals surface area contributed by atoms with Gasteiger partial charge in [-0.2, -0.15) is 22.5 Å². The van der Waals surface area contributed by atoms with Gasteiger partial charge in [0, 0.05) is 11.8 Å². The van der Waals surface area contributed by atoms with Crippen molar-refractivity contribution in [2.75, 3.05) is 13.4 Å². The van der Waals surface area contributed by atoms with Gasteiger partial charge in [0.2, 0.25) is 5.82 Å². The molecule has 0 aliphatic heterocycles. The smallest absolute Gasteiger partial charge is 0.471 e. The molecule has 2 aromatic carbocycles. The first kappa shape index (κ1) is 21.4. The van der Waals surface area contributed by atoms with Crippen molar-refractivity contribution in [3.63, 3.8) is 0 Å². The summed E-state index contributed by atoms with van der Waals surface area (Å²) in [5.74, 6) is -3.68. The Bertz CT molecular complexity index is 1230. The lowest BCUT2D eigenvalue weighted by Gasteiger charge is -2.08. The largest absolute Gasteiger partial charge is 0.496 e. The monoisotopic (exact) mass is 443 g/mol. The molecule has 7 nitrogen and oxygen atoms in total. The number of rotatable bonds is 4. The Labute approximate surface area is 167 Å². The molecule has 0 spiro atoms. The average Bonchev–Trinajstić information content (AvgIpc) is 3.17. The highest BCUT2D eigenvalue weighted by molar-refractivity contribution is 7.93. The number of aromatic nitrogens is 2. The second-order valence-corrected chi connectivity index (χ2v) is 8.19. The van der Waals surface area contributed by atoms with Crippen LogP contribution in [0, 0.1) is 5.82 Å². The highest BCUT2D eigenvalue weighted by Gasteiger charge is 2.38. The third kappa shape index (κ3) is 4.32. The first-order chi connectivity index (χ1) is 14.0. The lowest BCUT2D eigenvalue weighted by molar-refractivity contribution is -0.159. The summed E-state index contributed by atoms with van der Waals surface area (Å²) in [4.78, 5) is 15.5. The predicted octanol–water partition coefficient (Wildman–Crippen LogP) is 4.20. The van der Waals surface area contributed by atoms with Crippen LogP contribution in [0.3, 0.4) is 0 Å². The Balaban J connectivity index is 1.98. The molecule has 3 rings (SSSR count). The van der Waals surface area contributed by atoms with Gasteiger partial charge in [-0.25, -0.2) is 8.60 Å². The number of alkyl halides is 3. The molecule has 1 atom stereocenters. The van der Waals surface area contributed by atoms with Crippen LogP contribution < -0.4 is 4.74 Å². The van der Waals surface area contributed by atoms with Crippen LogP contribution in [0.1, 0.15) is 16.2 Å². The van der Waals surface area contributed by atoms with Crippen molar-refractivity contribution >= 4 is 15.6 Å². The average molecular weight is 443 g/mol. The zero-order valence-corrected chi connectivity index (χ0v) is 16.3. The van der Waals surface area contributed by atoms with Crippen molar-refractivity contribution in [1.82, 2.24) is 10.1 Å². The van der Waals surface area contributed by atoms with Crippen LogP contribution in [0.5, 0.6) is 5.75 Å². The molecule has 0 saturated heterocycles. The Hall–Kier alpha value is -3.28. The number of methoxy groups -OCH3 is 1. The Morgan fingerprint density at radius 2 is 1.90 bits per heavy atom. The van der Waals surface area contributed by atoms with E-state index in [0.717, 1.165) is 12.3 Å². The normalized spacial score (nSPS) is 13.5. The molecule has 3 aromatic rings. The molecule has 0 fully saturated rings. The lowest BCUT2D eigenvalue weighted by atomic mass is 10.1. The molecule has 0 radical (unpaired) electrons. The van der Waals surface area contributed by atoms with Gasteiger partial charge < -0.3 is 9.26 Å². The summed E-state index contributed by atoms with van der Waals surface area (Å²) in [5, 5.41) is 3.26. The van der Waals surface area contributed by atoms with E-state index in [9.17, 15) is 26.6 Å². The molecule has 0 aliphatic carbocycles. The molecular weight excluding hydrogens is 430 g/mol. The molecule has 0 N–H and O–H groups in total. The minimum Gasteiger partial charge on any atom is -0.496 e. The Morgan fingerprint density at radius 1 is 1.20 bits per heavy atom. The molecule has 12 heteroatoms. The van der Waals surface area contributed by atoms with E-state index in [-0.39, 0.29) is 21.8 Å². The molecule has 30 heavy (non-hydrogen) atoms. The van der Waals surface area contributed by atoms with Crippen molar-refractivity contribution in [2.24, 2.45) is 4.36 Å². The topological polar surface area (TPSA) is 94.7 Å². The molecule has 1 heterocycles. The van der Waals surface area contributed by atoms with Crippen LogP contribution in [-0.4, -0.2) is 33.6 Å². The second-order valence-electron chi connectivity index (χ2n) is 5.97. The fourth-order valence-electron chi connectivity index (χ4n) is 2.47. The number of carbonyl (C=O) groups is 1. The summed E-state index contributed by atoms with van der Waals surface area (Å²) in [6.45, 7) is 0. The van der Waals surface area contributed by atoms with Crippen LogP contribution in [0.4, 0.5) is 17.6 Å². The standard InChI is InChI=1S/C18H13F4N3O4S/c1-28-13-9-10(7-8-11(13)15-23-17(29-24-15)18(20,21)22)16(26)25-30(2,27)14-6-4-3-5-12(14)19/h3-9H,1-2H3. The highest BCUT2D eigenvalue weighted by atomic mass is 32.2. The molecular formula is C18H13F4N3O4S. The zero-order valence-electron chi connectivity index (χ0n) is 15.4. The number of nitrogens with zero attached hydrogens (tertiary/aromatic N) is 3. The number of ether oxygens (including phenoxy) is 1. The fourth-order valence-corrected chi connectivity index (χ4v) is 3.75. The van der Waals surface area contributed by atoms with Gasteiger partial charge in [0.1, 0.15) is 11.6 Å². The zero-order chi connectivity index (χ0) is 22.1. The number of hydrogen-bond donors (Lipinski definition) is 0. The molecule has 0 aliphatic rings. The third-order valence-corrected chi connectivity index (χ3v) is 5.52. The summed E-state index contributed by atoms with van der Waals surface area (Å²) < 4.78 is 77.5. The number of hydrogen-bond acceptors (Lipinski definition) is 6. The number of benzene rings is 2. The van der Waals surface area contributed by atoms with E-state index >= 15 is 0 Å². The first-order valence-electron chi connectivity index (χ1n) is 8.13. The van der Waals surface area contributed by atoms with Crippen molar-refractivity contribution in [1.29, 1.82) is 0 Å². The molecule has 1 amide bonds. The van der Waals surface area contributed by atoms with Crippen molar-refractivity contribution in [3.8, 4) is 17.1 Å². The molecule has 0 saturated carbocycles.